The largest absolute Gasteiger partial charge is 0.491 e. The van der Waals surface area contributed by atoms with E-state index in [9.17, 15) is 9.18 Å². The average molecular weight is 351 g/mol. The van der Waals surface area contributed by atoms with Gasteiger partial charge in [-0.1, -0.05) is 11.6 Å². The van der Waals surface area contributed by atoms with E-state index in [-0.39, 0.29) is 29.6 Å². The molecule has 1 aliphatic rings. The number of morpholine rings is 1. The Morgan fingerprint density at radius 1 is 1.38 bits per heavy atom. The number of ether oxygens (including phenoxy) is 2. The first-order chi connectivity index (χ1) is 11.6. The van der Waals surface area contributed by atoms with Crippen LogP contribution < -0.4 is 4.74 Å². The Morgan fingerprint density at radius 2 is 2.17 bits per heavy atom. The minimum absolute atomic E-state index is 0.178. The Balaban J connectivity index is 1.59. The molecule has 1 atom stereocenters. The Hall–Kier alpha value is -2.18. The lowest BCUT2D eigenvalue weighted by Gasteiger charge is -2.33. The molecular weight excluding hydrogens is 335 g/mol. The van der Waals surface area contributed by atoms with Gasteiger partial charge in [0.05, 0.1) is 18.7 Å². The van der Waals surface area contributed by atoms with Crippen molar-refractivity contribution in [2.45, 2.75) is 6.10 Å². The Labute approximate surface area is 144 Å². The summed E-state index contributed by atoms with van der Waals surface area (Å²) in [6.45, 7) is 1.57. The van der Waals surface area contributed by atoms with Crippen LogP contribution in [-0.2, 0) is 4.74 Å². The van der Waals surface area contributed by atoms with Crippen LogP contribution in [0.15, 0.2) is 42.6 Å². The highest BCUT2D eigenvalue weighted by molar-refractivity contribution is 6.32. The van der Waals surface area contributed by atoms with E-state index < -0.39 is 0 Å². The number of amides is 1. The van der Waals surface area contributed by atoms with Crippen LogP contribution in [0.25, 0.3) is 0 Å². The molecule has 1 aliphatic heterocycles. The van der Waals surface area contributed by atoms with E-state index in [0.717, 1.165) is 0 Å². The van der Waals surface area contributed by atoms with Crippen molar-refractivity contribution in [1.29, 1.82) is 0 Å². The molecule has 0 N–H and O–H groups in total. The van der Waals surface area contributed by atoms with Crippen molar-refractivity contribution in [3.05, 3.63) is 59.1 Å². The van der Waals surface area contributed by atoms with Gasteiger partial charge < -0.3 is 14.4 Å². The molecule has 0 unspecified atom stereocenters. The maximum absolute atomic E-state index is 12.9. The van der Waals surface area contributed by atoms with E-state index >= 15 is 0 Å². The fourth-order valence-electron chi connectivity index (χ4n) is 2.44. The molecule has 3 rings (SSSR count). The highest BCUT2D eigenvalue weighted by atomic mass is 35.5. The summed E-state index contributed by atoms with van der Waals surface area (Å²) in [5.74, 6) is 0.0586. The van der Waals surface area contributed by atoms with Crippen LogP contribution in [0, 0.1) is 5.82 Å². The van der Waals surface area contributed by atoms with Gasteiger partial charge >= 0.3 is 0 Å². The zero-order valence-electron chi connectivity index (χ0n) is 12.8. The van der Waals surface area contributed by atoms with E-state index in [2.05, 4.69) is 4.98 Å². The normalized spacial score (nSPS) is 17.6. The molecule has 0 bridgehead atoms. The highest BCUT2D eigenvalue weighted by Crippen LogP contribution is 2.17. The Bertz CT molecular complexity index is 711. The lowest BCUT2D eigenvalue weighted by molar-refractivity contribution is -0.0401. The first kappa shape index (κ1) is 16.7. The van der Waals surface area contributed by atoms with Gasteiger partial charge in [-0.25, -0.2) is 9.37 Å². The molecule has 0 aliphatic carbocycles. The van der Waals surface area contributed by atoms with Gasteiger partial charge in [-0.3, -0.25) is 4.79 Å². The van der Waals surface area contributed by atoms with Gasteiger partial charge in [0.25, 0.3) is 5.91 Å². The van der Waals surface area contributed by atoms with Crippen molar-refractivity contribution >= 4 is 17.5 Å². The summed E-state index contributed by atoms with van der Waals surface area (Å²) in [4.78, 5) is 18.1. The lowest BCUT2D eigenvalue weighted by Crippen LogP contribution is -2.47. The van der Waals surface area contributed by atoms with Gasteiger partial charge in [0.2, 0.25) is 0 Å². The molecule has 0 spiro atoms. The molecule has 1 aromatic heterocycles. The molecule has 1 fully saturated rings. The maximum atomic E-state index is 12.9. The minimum atomic E-state index is -0.318. The van der Waals surface area contributed by atoms with E-state index in [4.69, 9.17) is 21.1 Å². The minimum Gasteiger partial charge on any atom is -0.491 e. The SMILES string of the molecule is O=C(c1cccnc1Cl)N1CCO[C@@H](COc2ccc(F)cc2)C1. The second-order valence-electron chi connectivity index (χ2n) is 5.35. The molecule has 1 amide bonds. The van der Waals surface area contributed by atoms with E-state index in [1.807, 2.05) is 0 Å². The fraction of sp³-hybridized carbons (Fsp3) is 0.294. The van der Waals surface area contributed by atoms with E-state index in [0.29, 0.717) is 31.0 Å². The molecule has 2 aromatic rings. The van der Waals surface area contributed by atoms with Gasteiger partial charge in [0.15, 0.2) is 0 Å². The molecule has 1 saturated heterocycles. The molecule has 0 saturated carbocycles. The summed E-state index contributed by atoms with van der Waals surface area (Å²) in [7, 11) is 0. The quantitative estimate of drug-likeness (QED) is 0.796. The number of halogens is 2. The molecule has 7 heteroatoms. The van der Waals surface area contributed by atoms with Crippen LogP contribution in [-0.4, -0.2) is 48.2 Å². The maximum Gasteiger partial charge on any atom is 0.257 e. The summed E-state index contributed by atoms with van der Waals surface area (Å²) in [6, 6.07) is 9.09. The number of nitrogens with zero attached hydrogens (tertiary/aromatic N) is 2. The number of rotatable bonds is 4. The smallest absolute Gasteiger partial charge is 0.257 e. The monoisotopic (exact) mass is 350 g/mol. The van der Waals surface area contributed by atoms with Gasteiger partial charge in [-0.05, 0) is 36.4 Å². The van der Waals surface area contributed by atoms with Crippen molar-refractivity contribution < 1.29 is 18.7 Å². The van der Waals surface area contributed by atoms with Crippen LogP contribution >= 0.6 is 11.6 Å². The molecule has 1 aromatic carbocycles. The Kier molecular flexibility index (Phi) is 5.27. The number of benzene rings is 1. The number of aromatic nitrogens is 1. The van der Waals surface area contributed by atoms with Crippen LogP contribution in [0.1, 0.15) is 10.4 Å². The number of carbonyl (C=O) groups is 1. The third-order valence-electron chi connectivity index (χ3n) is 3.67. The first-order valence-electron chi connectivity index (χ1n) is 7.53. The number of hydrogen-bond donors (Lipinski definition) is 0. The summed E-state index contributed by atoms with van der Waals surface area (Å²) in [5.41, 5.74) is 0.374. The number of carbonyl (C=O) groups excluding carboxylic acids is 1. The number of hydrogen-bond acceptors (Lipinski definition) is 4. The Morgan fingerprint density at radius 3 is 2.92 bits per heavy atom. The van der Waals surface area contributed by atoms with Crippen LogP contribution in [0.4, 0.5) is 4.39 Å². The highest BCUT2D eigenvalue weighted by Gasteiger charge is 2.26. The van der Waals surface area contributed by atoms with E-state index in [1.165, 1.54) is 18.3 Å². The summed E-state index contributed by atoms with van der Waals surface area (Å²) >= 11 is 5.98. The van der Waals surface area contributed by atoms with Gasteiger partial charge in [-0.2, -0.15) is 0 Å². The predicted octanol–water partition coefficient (Wildman–Crippen LogP) is 2.79. The molecule has 126 valence electrons. The fourth-order valence-corrected chi connectivity index (χ4v) is 2.64. The molecule has 0 radical (unpaired) electrons. The average Bonchev–Trinajstić information content (AvgIpc) is 2.61. The zero-order valence-corrected chi connectivity index (χ0v) is 13.6. The second-order valence-corrected chi connectivity index (χ2v) is 5.71. The van der Waals surface area contributed by atoms with Crippen molar-refractivity contribution in [3.63, 3.8) is 0 Å². The van der Waals surface area contributed by atoms with Crippen molar-refractivity contribution in [2.75, 3.05) is 26.3 Å². The van der Waals surface area contributed by atoms with Crippen LogP contribution in [0.3, 0.4) is 0 Å². The summed E-state index contributed by atoms with van der Waals surface area (Å²) in [5, 5.41) is 0.188. The van der Waals surface area contributed by atoms with Gasteiger partial charge in [-0.15, -0.1) is 0 Å². The summed E-state index contributed by atoms with van der Waals surface area (Å²) < 4.78 is 24.1. The van der Waals surface area contributed by atoms with Crippen molar-refractivity contribution in [1.82, 2.24) is 9.88 Å². The standard InChI is InChI=1S/C17H16ClFN2O3/c18-16-15(2-1-7-20-16)17(22)21-8-9-23-14(10-21)11-24-13-5-3-12(19)4-6-13/h1-7,14H,8-11H2/t14-/m1/s1. The van der Waals surface area contributed by atoms with Gasteiger partial charge in [0, 0.05) is 12.7 Å². The van der Waals surface area contributed by atoms with Crippen LogP contribution in [0.5, 0.6) is 5.75 Å². The topological polar surface area (TPSA) is 51.7 Å². The molecular formula is C17H16ClFN2O3. The third-order valence-corrected chi connectivity index (χ3v) is 3.97. The summed E-state index contributed by atoms with van der Waals surface area (Å²) in [6.07, 6.45) is 1.28. The van der Waals surface area contributed by atoms with E-state index in [1.54, 1.807) is 29.2 Å². The molecule has 2 heterocycles. The van der Waals surface area contributed by atoms with Gasteiger partial charge in [0.1, 0.15) is 29.4 Å². The first-order valence-corrected chi connectivity index (χ1v) is 7.91. The molecule has 5 nitrogen and oxygen atoms in total. The van der Waals surface area contributed by atoms with Crippen LogP contribution in [0.2, 0.25) is 5.15 Å². The lowest BCUT2D eigenvalue weighted by atomic mass is 10.2. The molecule has 24 heavy (non-hydrogen) atoms. The third kappa shape index (κ3) is 4.01. The number of pyridine rings is 1. The van der Waals surface area contributed by atoms with Crippen molar-refractivity contribution in [2.24, 2.45) is 0 Å². The van der Waals surface area contributed by atoms with Crippen molar-refractivity contribution in [3.8, 4) is 5.75 Å². The zero-order chi connectivity index (χ0) is 16.9. The second kappa shape index (κ2) is 7.59. The predicted molar refractivity (Wildman–Crippen MR) is 86.8 cm³/mol.